The predicted octanol–water partition coefficient (Wildman–Crippen LogP) is 5.28. The zero-order chi connectivity index (χ0) is 12.3. The van der Waals surface area contributed by atoms with Crippen LogP contribution in [0.25, 0.3) is 0 Å². The van der Waals surface area contributed by atoms with E-state index in [1.807, 2.05) is 0 Å². The van der Waals surface area contributed by atoms with E-state index in [4.69, 9.17) is 0 Å². The largest absolute Gasteiger partial charge is 0.0648 e. The number of fused-ring (bicyclic) bond motifs is 5. The van der Waals surface area contributed by atoms with Gasteiger partial charge >= 0.3 is 0 Å². The van der Waals surface area contributed by atoms with Gasteiger partial charge in [0.15, 0.2) is 0 Å². The topological polar surface area (TPSA) is 0 Å². The quantitative estimate of drug-likeness (QED) is 0.579. The van der Waals surface area contributed by atoms with Crippen LogP contribution >= 0.6 is 0 Å². The Kier molecular flexibility index (Phi) is 2.66. The lowest BCUT2D eigenvalue weighted by molar-refractivity contribution is -0.0435. The summed E-state index contributed by atoms with van der Waals surface area (Å²) >= 11 is 0. The van der Waals surface area contributed by atoms with Gasteiger partial charge < -0.3 is 0 Å². The van der Waals surface area contributed by atoms with Crippen molar-refractivity contribution in [3.05, 3.63) is 0 Å². The van der Waals surface area contributed by atoms with E-state index >= 15 is 0 Å². The maximum absolute atomic E-state index is 2.51. The van der Waals surface area contributed by atoms with E-state index in [-0.39, 0.29) is 0 Å². The molecule has 0 aromatic heterocycles. The zero-order valence-electron chi connectivity index (χ0n) is 12.3. The van der Waals surface area contributed by atoms with E-state index in [1.165, 1.54) is 19.3 Å². The van der Waals surface area contributed by atoms with Crippen LogP contribution in [0.4, 0.5) is 0 Å². The summed E-state index contributed by atoms with van der Waals surface area (Å²) < 4.78 is 0. The van der Waals surface area contributed by atoms with Crippen LogP contribution in [-0.2, 0) is 0 Å². The lowest BCUT2D eigenvalue weighted by Gasteiger charge is -2.53. The molecule has 3 saturated carbocycles. The fraction of sp³-hybridized carbons (Fsp3) is 1.00. The first kappa shape index (κ1) is 12.1. The van der Waals surface area contributed by atoms with Crippen LogP contribution in [0.15, 0.2) is 0 Å². The van der Waals surface area contributed by atoms with Gasteiger partial charge in [0.1, 0.15) is 0 Å². The molecule has 3 aliphatic carbocycles. The molecule has 0 heterocycles. The first-order valence-electron chi connectivity index (χ1n) is 7.99. The molecular formula is C17H30. The molecule has 0 N–H and O–H groups in total. The molecule has 0 heteroatoms. The van der Waals surface area contributed by atoms with Gasteiger partial charge in [0.05, 0.1) is 0 Å². The normalized spacial score (nSPS) is 49.4. The predicted molar refractivity (Wildman–Crippen MR) is 73.8 cm³/mol. The Bertz CT molecular complexity index is 298. The molecule has 0 aromatic rings. The first-order valence-corrected chi connectivity index (χ1v) is 7.99. The van der Waals surface area contributed by atoms with E-state index in [1.54, 1.807) is 25.7 Å². The second-order valence-electron chi connectivity index (χ2n) is 8.18. The van der Waals surface area contributed by atoms with Crippen LogP contribution in [0.2, 0.25) is 0 Å². The highest BCUT2D eigenvalue weighted by Crippen LogP contribution is 2.70. The van der Waals surface area contributed by atoms with Crippen molar-refractivity contribution in [1.82, 2.24) is 0 Å². The highest BCUT2D eigenvalue weighted by Gasteiger charge is 2.62. The summed E-state index contributed by atoms with van der Waals surface area (Å²) in [5.41, 5.74) is 1.19. The van der Waals surface area contributed by atoms with Gasteiger partial charge in [-0.05, 0) is 66.6 Å². The van der Waals surface area contributed by atoms with Gasteiger partial charge in [0, 0.05) is 0 Å². The molecule has 0 radical (unpaired) electrons. The highest BCUT2D eigenvalue weighted by atomic mass is 14.7. The molecule has 0 saturated heterocycles. The van der Waals surface area contributed by atoms with Crippen molar-refractivity contribution in [2.75, 3.05) is 0 Å². The molecule has 0 aliphatic heterocycles. The Morgan fingerprint density at radius 3 is 2.29 bits per heavy atom. The van der Waals surface area contributed by atoms with Crippen molar-refractivity contribution in [3.8, 4) is 0 Å². The summed E-state index contributed by atoms with van der Waals surface area (Å²) in [7, 11) is 0. The van der Waals surface area contributed by atoms with Gasteiger partial charge in [-0.2, -0.15) is 0 Å². The summed E-state index contributed by atoms with van der Waals surface area (Å²) in [4.78, 5) is 0. The average molecular weight is 234 g/mol. The number of hydrogen-bond acceptors (Lipinski definition) is 0. The number of hydrogen-bond donors (Lipinski definition) is 0. The molecule has 2 bridgehead atoms. The zero-order valence-corrected chi connectivity index (χ0v) is 12.3. The van der Waals surface area contributed by atoms with E-state index in [2.05, 4.69) is 27.7 Å². The Hall–Kier alpha value is 0. The molecule has 0 nitrogen and oxygen atoms in total. The van der Waals surface area contributed by atoms with Crippen molar-refractivity contribution in [1.29, 1.82) is 0 Å². The Morgan fingerprint density at radius 1 is 1.06 bits per heavy atom. The molecule has 98 valence electrons. The van der Waals surface area contributed by atoms with Gasteiger partial charge in [-0.1, -0.05) is 40.5 Å². The van der Waals surface area contributed by atoms with Crippen LogP contribution in [-0.4, -0.2) is 0 Å². The van der Waals surface area contributed by atoms with E-state index in [0.29, 0.717) is 10.8 Å². The van der Waals surface area contributed by atoms with Crippen LogP contribution in [0, 0.1) is 34.5 Å². The summed E-state index contributed by atoms with van der Waals surface area (Å²) in [5, 5.41) is 0. The molecule has 0 spiro atoms. The molecular weight excluding hydrogens is 204 g/mol. The minimum Gasteiger partial charge on any atom is -0.0648 e. The van der Waals surface area contributed by atoms with Gasteiger partial charge in [-0.3, -0.25) is 0 Å². The summed E-state index contributed by atoms with van der Waals surface area (Å²) in [6.45, 7) is 9.99. The van der Waals surface area contributed by atoms with Crippen molar-refractivity contribution in [3.63, 3.8) is 0 Å². The Balaban J connectivity index is 1.92. The molecule has 3 rings (SSSR count). The fourth-order valence-corrected chi connectivity index (χ4v) is 6.24. The molecule has 0 aromatic carbocycles. The van der Waals surface area contributed by atoms with E-state index < -0.39 is 0 Å². The van der Waals surface area contributed by atoms with Gasteiger partial charge in [-0.25, -0.2) is 0 Å². The van der Waals surface area contributed by atoms with Crippen LogP contribution < -0.4 is 0 Å². The molecule has 3 fully saturated rings. The van der Waals surface area contributed by atoms with Crippen molar-refractivity contribution in [2.24, 2.45) is 34.5 Å². The monoisotopic (exact) mass is 234 g/mol. The van der Waals surface area contributed by atoms with Crippen LogP contribution in [0.5, 0.6) is 0 Å². The SMILES string of the molecule is CCC1(C(C)(C)C)CC2CC1C1CCCCC21. The highest BCUT2D eigenvalue weighted by molar-refractivity contribution is 5.11. The average Bonchev–Trinajstić information content (AvgIpc) is 2.84. The molecule has 5 atom stereocenters. The van der Waals surface area contributed by atoms with Crippen LogP contribution in [0.3, 0.4) is 0 Å². The van der Waals surface area contributed by atoms with Gasteiger partial charge in [0.25, 0.3) is 0 Å². The summed E-state index contributed by atoms with van der Waals surface area (Å²) in [5.74, 6) is 4.42. The second-order valence-corrected chi connectivity index (χ2v) is 8.18. The number of rotatable bonds is 1. The fourth-order valence-electron chi connectivity index (χ4n) is 6.24. The smallest absolute Gasteiger partial charge is 0.0218 e. The van der Waals surface area contributed by atoms with Crippen molar-refractivity contribution >= 4 is 0 Å². The maximum atomic E-state index is 2.51. The lowest BCUT2D eigenvalue weighted by Crippen LogP contribution is -2.46. The van der Waals surface area contributed by atoms with Gasteiger partial charge in [0.2, 0.25) is 0 Å². The third-order valence-electron chi connectivity index (χ3n) is 7.01. The van der Waals surface area contributed by atoms with Crippen molar-refractivity contribution < 1.29 is 0 Å². The minimum absolute atomic E-state index is 0.517. The van der Waals surface area contributed by atoms with E-state index in [0.717, 1.165) is 23.7 Å². The molecule has 17 heavy (non-hydrogen) atoms. The lowest BCUT2D eigenvalue weighted by atomic mass is 9.51. The Morgan fingerprint density at radius 2 is 1.71 bits per heavy atom. The summed E-state index contributed by atoms with van der Waals surface area (Å²) in [6, 6.07) is 0. The molecule has 3 aliphatic rings. The van der Waals surface area contributed by atoms with Gasteiger partial charge in [-0.15, -0.1) is 0 Å². The summed E-state index contributed by atoms with van der Waals surface area (Å²) in [6.07, 6.45) is 10.7. The van der Waals surface area contributed by atoms with Crippen LogP contribution in [0.1, 0.15) is 72.6 Å². The molecule has 0 amide bonds. The second kappa shape index (κ2) is 3.75. The maximum Gasteiger partial charge on any atom is -0.0218 e. The Labute approximate surface area is 108 Å². The standard InChI is InChI=1S/C17H30/c1-5-17(16(2,3)4)11-12-10-15(17)14-9-7-6-8-13(12)14/h12-15H,5-11H2,1-4H3. The third kappa shape index (κ3) is 1.48. The molecule has 5 unspecified atom stereocenters. The first-order chi connectivity index (χ1) is 7.99. The van der Waals surface area contributed by atoms with E-state index in [9.17, 15) is 0 Å². The minimum atomic E-state index is 0.517. The third-order valence-corrected chi connectivity index (χ3v) is 7.01. The van der Waals surface area contributed by atoms with Crippen molar-refractivity contribution in [2.45, 2.75) is 72.6 Å².